The van der Waals surface area contributed by atoms with Crippen LogP contribution in [0.1, 0.15) is 25.8 Å². The number of halogens is 1. The van der Waals surface area contributed by atoms with Crippen molar-refractivity contribution in [3.63, 3.8) is 0 Å². The number of ether oxygens (including phenoxy) is 1. The van der Waals surface area contributed by atoms with Gasteiger partial charge in [0.25, 0.3) is 0 Å². The third-order valence-electron chi connectivity index (χ3n) is 4.20. The second kappa shape index (κ2) is 7.27. The Kier molecular flexibility index (Phi) is 5.65. The maximum atomic E-state index is 12.4. The molecule has 2 unspecified atom stereocenters. The average molecular weight is 355 g/mol. The third-order valence-corrected chi connectivity index (χ3v) is 4.82. The molecule has 0 bridgehead atoms. The molecule has 21 heavy (non-hydrogen) atoms. The van der Waals surface area contributed by atoms with E-state index in [1.54, 1.807) is 7.11 Å². The van der Waals surface area contributed by atoms with Crippen molar-refractivity contribution in [3.05, 3.63) is 28.2 Å². The fourth-order valence-electron chi connectivity index (χ4n) is 2.67. The molecule has 0 aliphatic carbocycles. The number of benzene rings is 1. The molecule has 2 atom stereocenters. The number of piperazine rings is 1. The standard InChI is InChI=1S/C16H23BrN2O2/c1-11-12(2)19(9-8-18-11)16(20)7-5-13-4-6-15(21-3)14(17)10-13/h4,6,10-12,18H,5,7-9H2,1-3H3. The number of hydrogen-bond acceptors (Lipinski definition) is 3. The van der Waals surface area contributed by atoms with E-state index < -0.39 is 0 Å². The molecule has 1 saturated heterocycles. The van der Waals surface area contributed by atoms with Crippen molar-refractivity contribution in [1.82, 2.24) is 10.2 Å². The molecule has 1 aromatic rings. The summed E-state index contributed by atoms with van der Waals surface area (Å²) in [7, 11) is 1.65. The van der Waals surface area contributed by atoms with Crippen LogP contribution in [0.2, 0.25) is 0 Å². The van der Waals surface area contributed by atoms with E-state index in [0.717, 1.165) is 35.3 Å². The predicted molar refractivity (Wildman–Crippen MR) is 87.7 cm³/mol. The summed E-state index contributed by atoms with van der Waals surface area (Å²) >= 11 is 3.48. The van der Waals surface area contributed by atoms with Gasteiger partial charge >= 0.3 is 0 Å². The molecule has 1 amide bonds. The summed E-state index contributed by atoms with van der Waals surface area (Å²) in [5.41, 5.74) is 1.15. The van der Waals surface area contributed by atoms with Gasteiger partial charge in [0.1, 0.15) is 5.75 Å². The van der Waals surface area contributed by atoms with Crippen molar-refractivity contribution >= 4 is 21.8 Å². The first-order valence-corrected chi connectivity index (χ1v) is 8.17. The number of amides is 1. The van der Waals surface area contributed by atoms with Crippen molar-refractivity contribution in [2.24, 2.45) is 0 Å². The number of nitrogens with one attached hydrogen (secondary N) is 1. The summed E-state index contributed by atoms with van der Waals surface area (Å²) in [6.45, 7) is 5.92. The number of hydrogen-bond donors (Lipinski definition) is 1. The van der Waals surface area contributed by atoms with Gasteiger partial charge in [0.15, 0.2) is 0 Å². The highest BCUT2D eigenvalue weighted by Gasteiger charge is 2.27. The zero-order valence-corrected chi connectivity index (χ0v) is 14.4. The molecule has 116 valence electrons. The van der Waals surface area contributed by atoms with Crippen molar-refractivity contribution in [2.75, 3.05) is 20.2 Å². The van der Waals surface area contributed by atoms with E-state index in [-0.39, 0.29) is 11.9 Å². The van der Waals surface area contributed by atoms with Gasteiger partial charge in [-0.05, 0) is 53.9 Å². The smallest absolute Gasteiger partial charge is 0.223 e. The number of aryl methyl sites for hydroxylation is 1. The van der Waals surface area contributed by atoms with Crippen LogP contribution in [0, 0.1) is 0 Å². The summed E-state index contributed by atoms with van der Waals surface area (Å²) < 4.78 is 6.15. The number of carbonyl (C=O) groups is 1. The average Bonchev–Trinajstić information content (AvgIpc) is 2.47. The van der Waals surface area contributed by atoms with Crippen LogP contribution in [0.4, 0.5) is 0 Å². The molecule has 0 spiro atoms. The molecule has 1 aliphatic heterocycles. The lowest BCUT2D eigenvalue weighted by atomic mass is 10.0. The molecule has 4 nitrogen and oxygen atoms in total. The maximum absolute atomic E-state index is 12.4. The molecular formula is C16H23BrN2O2. The van der Waals surface area contributed by atoms with Gasteiger partial charge in [0.05, 0.1) is 11.6 Å². The molecular weight excluding hydrogens is 332 g/mol. The van der Waals surface area contributed by atoms with Gasteiger partial charge in [-0.15, -0.1) is 0 Å². The minimum Gasteiger partial charge on any atom is -0.496 e. The summed E-state index contributed by atoms with van der Waals surface area (Å²) in [5.74, 6) is 1.05. The van der Waals surface area contributed by atoms with E-state index in [0.29, 0.717) is 12.5 Å². The Hall–Kier alpha value is -1.07. The van der Waals surface area contributed by atoms with Gasteiger partial charge in [-0.3, -0.25) is 4.79 Å². The van der Waals surface area contributed by atoms with Crippen LogP contribution in [-0.4, -0.2) is 43.1 Å². The fourth-order valence-corrected chi connectivity index (χ4v) is 3.26. The monoisotopic (exact) mass is 354 g/mol. The highest BCUT2D eigenvalue weighted by atomic mass is 79.9. The lowest BCUT2D eigenvalue weighted by Crippen LogP contribution is -2.57. The Morgan fingerprint density at radius 3 is 2.90 bits per heavy atom. The van der Waals surface area contributed by atoms with Crippen LogP contribution >= 0.6 is 15.9 Å². The molecule has 1 aliphatic rings. The summed E-state index contributed by atoms with van der Waals surface area (Å²) in [4.78, 5) is 14.4. The molecule has 5 heteroatoms. The molecule has 1 aromatic carbocycles. The molecule has 0 saturated carbocycles. The minimum atomic E-state index is 0.239. The van der Waals surface area contributed by atoms with E-state index in [1.807, 2.05) is 23.1 Å². The minimum absolute atomic E-state index is 0.239. The number of methoxy groups -OCH3 is 1. The fraction of sp³-hybridized carbons (Fsp3) is 0.562. The van der Waals surface area contributed by atoms with E-state index in [4.69, 9.17) is 4.74 Å². The van der Waals surface area contributed by atoms with E-state index in [2.05, 4.69) is 35.1 Å². The van der Waals surface area contributed by atoms with Crippen molar-refractivity contribution in [2.45, 2.75) is 38.8 Å². The van der Waals surface area contributed by atoms with Gasteiger partial charge in [-0.1, -0.05) is 6.07 Å². The largest absolute Gasteiger partial charge is 0.496 e. The second-order valence-corrected chi connectivity index (χ2v) is 6.39. The van der Waals surface area contributed by atoms with E-state index in [9.17, 15) is 4.79 Å². The maximum Gasteiger partial charge on any atom is 0.223 e. The lowest BCUT2D eigenvalue weighted by Gasteiger charge is -2.38. The molecule has 1 heterocycles. The number of nitrogens with zero attached hydrogens (tertiary/aromatic N) is 1. The first-order valence-electron chi connectivity index (χ1n) is 7.38. The Bertz CT molecular complexity index is 507. The quantitative estimate of drug-likeness (QED) is 0.903. The number of carbonyl (C=O) groups excluding carboxylic acids is 1. The van der Waals surface area contributed by atoms with Gasteiger partial charge in [0, 0.05) is 31.6 Å². The molecule has 1 N–H and O–H groups in total. The predicted octanol–water partition coefficient (Wildman–Crippen LogP) is 2.60. The molecule has 0 radical (unpaired) electrons. The van der Waals surface area contributed by atoms with Crippen molar-refractivity contribution < 1.29 is 9.53 Å². The van der Waals surface area contributed by atoms with Gasteiger partial charge in [-0.25, -0.2) is 0 Å². The van der Waals surface area contributed by atoms with Crippen molar-refractivity contribution in [3.8, 4) is 5.75 Å². The first-order chi connectivity index (χ1) is 10.0. The molecule has 1 fully saturated rings. The summed E-state index contributed by atoms with van der Waals surface area (Å²) in [6, 6.07) is 6.59. The van der Waals surface area contributed by atoms with Gasteiger partial charge in [0.2, 0.25) is 5.91 Å². The molecule has 0 aromatic heterocycles. The molecule has 2 rings (SSSR count). The Morgan fingerprint density at radius 1 is 1.48 bits per heavy atom. The highest BCUT2D eigenvalue weighted by molar-refractivity contribution is 9.10. The van der Waals surface area contributed by atoms with Crippen LogP contribution in [0.15, 0.2) is 22.7 Å². The van der Waals surface area contributed by atoms with Crippen LogP contribution in [0.5, 0.6) is 5.75 Å². The zero-order valence-electron chi connectivity index (χ0n) is 12.9. The van der Waals surface area contributed by atoms with Crippen LogP contribution in [0.25, 0.3) is 0 Å². The normalized spacial score (nSPS) is 22.2. The first kappa shape index (κ1) is 16.3. The van der Waals surface area contributed by atoms with Gasteiger partial charge < -0.3 is 15.0 Å². The highest BCUT2D eigenvalue weighted by Crippen LogP contribution is 2.26. The zero-order chi connectivity index (χ0) is 15.4. The summed E-state index contributed by atoms with van der Waals surface area (Å²) in [6.07, 6.45) is 1.31. The van der Waals surface area contributed by atoms with Crippen molar-refractivity contribution in [1.29, 1.82) is 0 Å². The lowest BCUT2D eigenvalue weighted by molar-refractivity contribution is -0.134. The summed E-state index contributed by atoms with van der Waals surface area (Å²) in [5, 5.41) is 3.40. The third kappa shape index (κ3) is 3.98. The number of rotatable bonds is 4. The topological polar surface area (TPSA) is 41.6 Å². The van der Waals surface area contributed by atoms with E-state index in [1.165, 1.54) is 0 Å². The van der Waals surface area contributed by atoms with Crippen LogP contribution < -0.4 is 10.1 Å². The van der Waals surface area contributed by atoms with Gasteiger partial charge in [-0.2, -0.15) is 0 Å². The van der Waals surface area contributed by atoms with Crippen LogP contribution in [-0.2, 0) is 11.2 Å². The Morgan fingerprint density at radius 2 is 2.24 bits per heavy atom. The van der Waals surface area contributed by atoms with Crippen LogP contribution in [0.3, 0.4) is 0 Å². The Balaban J connectivity index is 1.93. The SMILES string of the molecule is COc1ccc(CCC(=O)N2CCNC(C)C2C)cc1Br. The second-order valence-electron chi connectivity index (χ2n) is 5.54. The van der Waals surface area contributed by atoms with E-state index >= 15 is 0 Å². The Labute approximate surface area is 135 Å².